The van der Waals surface area contributed by atoms with Gasteiger partial charge in [-0.05, 0) is 32.7 Å². The summed E-state index contributed by atoms with van der Waals surface area (Å²) in [4.78, 5) is 0. The zero-order chi connectivity index (χ0) is 10.2. The highest BCUT2D eigenvalue weighted by Gasteiger charge is 2.19. The lowest BCUT2D eigenvalue weighted by Gasteiger charge is -2.19. The lowest BCUT2D eigenvalue weighted by molar-refractivity contribution is 0.0942. The fourth-order valence-corrected chi connectivity index (χ4v) is 2.17. The summed E-state index contributed by atoms with van der Waals surface area (Å²) in [5.74, 6) is 0. The zero-order valence-electron chi connectivity index (χ0n) is 9.72. The predicted molar refractivity (Wildman–Crippen MR) is 60.6 cm³/mol. The van der Waals surface area contributed by atoms with Gasteiger partial charge in [-0.2, -0.15) is 0 Å². The van der Waals surface area contributed by atoms with Crippen LogP contribution in [0.25, 0.3) is 0 Å². The van der Waals surface area contributed by atoms with Crippen molar-refractivity contribution in [2.45, 2.75) is 64.0 Å². The van der Waals surface area contributed by atoms with Gasteiger partial charge in [-0.15, -0.1) is 0 Å². The molecular weight excluding hydrogens is 174 g/mol. The molecule has 0 spiro atoms. The third-order valence-corrected chi connectivity index (χ3v) is 3.14. The minimum absolute atomic E-state index is 0.536. The maximum absolute atomic E-state index is 5.65. The van der Waals surface area contributed by atoms with Crippen LogP contribution in [0.3, 0.4) is 0 Å². The second-order valence-corrected chi connectivity index (χ2v) is 4.35. The van der Waals surface area contributed by atoms with Gasteiger partial charge in [0.05, 0.1) is 6.10 Å². The summed E-state index contributed by atoms with van der Waals surface area (Å²) in [6, 6.07) is 0.671. The van der Waals surface area contributed by atoms with Gasteiger partial charge in [-0.1, -0.05) is 26.2 Å². The van der Waals surface area contributed by atoms with Gasteiger partial charge in [0, 0.05) is 12.6 Å². The number of hydrogen-bond acceptors (Lipinski definition) is 2. The average Bonchev–Trinajstić information content (AvgIpc) is 2.69. The van der Waals surface area contributed by atoms with Crippen LogP contribution in [0.2, 0.25) is 0 Å². The van der Waals surface area contributed by atoms with Crippen molar-refractivity contribution in [3.05, 3.63) is 0 Å². The van der Waals surface area contributed by atoms with Crippen molar-refractivity contribution < 1.29 is 4.74 Å². The van der Waals surface area contributed by atoms with Crippen LogP contribution in [0.1, 0.15) is 51.9 Å². The first-order chi connectivity index (χ1) is 6.86. The molecule has 2 atom stereocenters. The second-order valence-electron chi connectivity index (χ2n) is 4.35. The fourth-order valence-electron chi connectivity index (χ4n) is 2.17. The minimum atomic E-state index is 0.536. The Balaban J connectivity index is 2.10. The Labute approximate surface area is 88.4 Å². The van der Waals surface area contributed by atoms with E-state index >= 15 is 0 Å². The average molecular weight is 199 g/mol. The molecule has 0 bridgehead atoms. The van der Waals surface area contributed by atoms with Crippen molar-refractivity contribution in [2.75, 3.05) is 13.7 Å². The highest BCUT2D eigenvalue weighted by atomic mass is 16.5. The molecule has 0 radical (unpaired) electrons. The van der Waals surface area contributed by atoms with E-state index in [9.17, 15) is 0 Å². The summed E-state index contributed by atoms with van der Waals surface area (Å²) in [7, 11) is 2.07. The van der Waals surface area contributed by atoms with E-state index < -0.39 is 0 Å². The third-order valence-electron chi connectivity index (χ3n) is 3.14. The largest absolute Gasteiger partial charge is 0.378 e. The smallest absolute Gasteiger partial charge is 0.0590 e. The van der Waals surface area contributed by atoms with Gasteiger partial charge in [-0.25, -0.2) is 0 Å². The van der Waals surface area contributed by atoms with Gasteiger partial charge in [0.1, 0.15) is 0 Å². The fraction of sp³-hybridized carbons (Fsp3) is 1.00. The molecule has 1 rings (SSSR count). The second kappa shape index (κ2) is 7.24. The normalized spacial score (nSPS) is 24.0. The molecule has 84 valence electrons. The molecule has 14 heavy (non-hydrogen) atoms. The van der Waals surface area contributed by atoms with Crippen LogP contribution < -0.4 is 5.32 Å². The highest BCUT2D eigenvalue weighted by Crippen LogP contribution is 2.19. The molecule has 1 fully saturated rings. The molecular formula is C12H25NO. The summed E-state index contributed by atoms with van der Waals surface area (Å²) in [6.45, 7) is 3.24. The van der Waals surface area contributed by atoms with Gasteiger partial charge in [0.2, 0.25) is 0 Å². The van der Waals surface area contributed by atoms with E-state index in [1.165, 1.54) is 44.9 Å². The van der Waals surface area contributed by atoms with Crippen LogP contribution in [0, 0.1) is 0 Å². The van der Waals surface area contributed by atoms with Gasteiger partial charge >= 0.3 is 0 Å². The van der Waals surface area contributed by atoms with Gasteiger partial charge in [0.15, 0.2) is 0 Å². The Hall–Kier alpha value is -0.0800. The number of rotatable bonds is 7. The van der Waals surface area contributed by atoms with Crippen molar-refractivity contribution in [3.8, 4) is 0 Å². The predicted octanol–water partition coefficient (Wildman–Crippen LogP) is 2.72. The number of nitrogens with one attached hydrogen (secondary N) is 1. The van der Waals surface area contributed by atoms with Crippen LogP contribution in [0.4, 0.5) is 0 Å². The Bertz CT molecular complexity index is 132. The molecule has 1 aliphatic heterocycles. The Morgan fingerprint density at radius 3 is 2.86 bits per heavy atom. The topological polar surface area (TPSA) is 21.3 Å². The monoisotopic (exact) mass is 199 g/mol. The van der Waals surface area contributed by atoms with Crippen molar-refractivity contribution in [1.29, 1.82) is 0 Å². The van der Waals surface area contributed by atoms with Crippen LogP contribution >= 0.6 is 0 Å². The molecule has 2 heteroatoms. The van der Waals surface area contributed by atoms with E-state index in [0.717, 1.165) is 6.61 Å². The molecule has 1 aliphatic rings. The Morgan fingerprint density at radius 2 is 2.29 bits per heavy atom. The van der Waals surface area contributed by atoms with E-state index in [1.54, 1.807) is 0 Å². The van der Waals surface area contributed by atoms with Gasteiger partial charge in [-0.3, -0.25) is 0 Å². The molecule has 0 aromatic rings. The number of unbranched alkanes of at least 4 members (excludes halogenated alkanes) is 2. The molecule has 1 N–H and O–H groups in total. The molecule has 2 nitrogen and oxygen atoms in total. The molecule has 0 saturated carbocycles. The summed E-state index contributed by atoms with van der Waals surface area (Å²) >= 11 is 0. The lowest BCUT2D eigenvalue weighted by Crippen LogP contribution is -2.29. The van der Waals surface area contributed by atoms with Crippen LogP contribution in [-0.4, -0.2) is 25.8 Å². The SMILES string of the molecule is CCCCCC(CC1CCCO1)NC. The molecule has 0 amide bonds. The van der Waals surface area contributed by atoms with E-state index in [4.69, 9.17) is 4.74 Å². The van der Waals surface area contributed by atoms with Gasteiger partial charge < -0.3 is 10.1 Å². The Kier molecular flexibility index (Phi) is 6.20. The van der Waals surface area contributed by atoms with E-state index in [-0.39, 0.29) is 0 Å². The number of ether oxygens (including phenoxy) is 1. The molecule has 0 aromatic heterocycles. The quantitative estimate of drug-likeness (QED) is 0.637. The first-order valence-electron chi connectivity index (χ1n) is 6.15. The van der Waals surface area contributed by atoms with Crippen LogP contribution in [-0.2, 0) is 4.74 Å². The van der Waals surface area contributed by atoms with Crippen molar-refractivity contribution in [1.82, 2.24) is 5.32 Å². The Morgan fingerprint density at radius 1 is 1.43 bits per heavy atom. The third kappa shape index (κ3) is 4.43. The number of hydrogen-bond donors (Lipinski definition) is 1. The maximum Gasteiger partial charge on any atom is 0.0590 e. The van der Waals surface area contributed by atoms with Crippen molar-refractivity contribution >= 4 is 0 Å². The molecule has 2 unspecified atom stereocenters. The molecule has 1 saturated heterocycles. The molecule has 0 aliphatic carbocycles. The van der Waals surface area contributed by atoms with Crippen molar-refractivity contribution in [3.63, 3.8) is 0 Å². The van der Waals surface area contributed by atoms with E-state index in [1.807, 2.05) is 0 Å². The highest BCUT2D eigenvalue weighted by molar-refractivity contribution is 4.73. The van der Waals surface area contributed by atoms with E-state index in [0.29, 0.717) is 12.1 Å². The summed E-state index contributed by atoms with van der Waals surface area (Å²) in [5, 5.41) is 3.41. The van der Waals surface area contributed by atoms with Crippen LogP contribution in [0.15, 0.2) is 0 Å². The van der Waals surface area contributed by atoms with Crippen molar-refractivity contribution in [2.24, 2.45) is 0 Å². The zero-order valence-corrected chi connectivity index (χ0v) is 9.72. The molecule has 1 heterocycles. The van der Waals surface area contributed by atoms with E-state index in [2.05, 4.69) is 19.3 Å². The standard InChI is InChI=1S/C12H25NO/c1-3-4-5-7-11(13-2)10-12-8-6-9-14-12/h11-13H,3-10H2,1-2H3. The summed E-state index contributed by atoms with van der Waals surface area (Å²) < 4.78 is 5.65. The van der Waals surface area contributed by atoms with Crippen LogP contribution in [0.5, 0.6) is 0 Å². The lowest BCUT2D eigenvalue weighted by atomic mass is 10.0. The summed E-state index contributed by atoms with van der Waals surface area (Å²) in [5.41, 5.74) is 0. The molecule has 0 aromatic carbocycles. The minimum Gasteiger partial charge on any atom is -0.378 e. The first kappa shape index (κ1) is 12.0. The maximum atomic E-state index is 5.65. The summed E-state index contributed by atoms with van der Waals surface area (Å²) in [6.07, 6.45) is 9.62. The van der Waals surface area contributed by atoms with Gasteiger partial charge in [0.25, 0.3) is 0 Å². The first-order valence-corrected chi connectivity index (χ1v) is 6.15.